The number of likely N-dealkylation sites (tertiary alicyclic amines) is 1. The van der Waals surface area contributed by atoms with Gasteiger partial charge in [-0.15, -0.1) is 0 Å². The fraction of sp³-hybridized carbons (Fsp3) is 0.581. The second-order valence-corrected chi connectivity index (χ2v) is 10.8. The highest BCUT2D eigenvalue weighted by atomic mass is 16.5. The molecule has 0 aromatic heterocycles. The molecule has 1 heterocycles. The Morgan fingerprint density at radius 1 is 1.05 bits per heavy atom. The molecule has 0 radical (unpaired) electrons. The second-order valence-electron chi connectivity index (χ2n) is 10.8. The van der Waals surface area contributed by atoms with Gasteiger partial charge in [0.05, 0.1) is 33.4 Å². The second kappa shape index (κ2) is 15.2. The number of carbonyl (C=O) groups excluding carboxylic acids is 1. The summed E-state index contributed by atoms with van der Waals surface area (Å²) in [6.07, 6.45) is 6.48. The van der Waals surface area contributed by atoms with E-state index in [1.165, 1.54) is 24.8 Å². The molecule has 1 saturated heterocycles. The SMILES string of the molecule is COc1ccc(CCO[C@H]2CCCC[C@@H]2N2CC[C@@H](NCC(O)COc3ccc(CC(N)=O)cc3)C2)cc1OC. The van der Waals surface area contributed by atoms with Crippen LogP contribution in [0.15, 0.2) is 42.5 Å². The Balaban J connectivity index is 1.17. The van der Waals surface area contributed by atoms with E-state index in [1.807, 2.05) is 24.3 Å². The lowest BCUT2D eigenvalue weighted by Gasteiger charge is -2.38. The number of aliphatic hydroxyl groups is 1. The lowest BCUT2D eigenvalue weighted by atomic mass is 9.91. The minimum Gasteiger partial charge on any atom is -0.493 e. The van der Waals surface area contributed by atoms with Crippen LogP contribution >= 0.6 is 0 Å². The van der Waals surface area contributed by atoms with Gasteiger partial charge in [0.25, 0.3) is 0 Å². The molecule has 1 saturated carbocycles. The van der Waals surface area contributed by atoms with E-state index < -0.39 is 6.10 Å². The van der Waals surface area contributed by atoms with Gasteiger partial charge in [0.1, 0.15) is 18.5 Å². The van der Waals surface area contributed by atoms with Gasteiger partial charge in [-0.05, 0) is 61.1 Å². The molecule has 1 amide bonds. The third-order valence-electron chi connectivity index (χ3n) is 7.91. The summed E-state index contributed by atoms with van der Waals surface area (Å²) in [4.78, 5) is 13.6. The molecule has 220 valence electrons. The third-order valence-corrected chi connectivity index (χ3v) is 7.91. The smallest absolute Gasteiger partial charge is 0.221 e. The molecular weight excluding hydrogens is 510 g/mol. The molecule has 1 aliphatic carbocycles. The summed E-state index contributed by atoms with van der Waals surface area (Å²) in [5.41, 5.74) is 7.26. The van der Waals surface area contributed by atoms with Crippen molar-refractivity contribution in [2.24, 2.45) is 5.73 Å². The van der Waals surface area contributed by atoms with Crippen molar-refractivity contribution in [3.05, 3.63) is 53.6 Å². The van der Waals surface area contributed by atoms with E-state index in [2.05, 4.69) is 16.3 Å². The molecule has 4 rings (SSSR count). The monoisotopic (exact) mass is 555 g/mol. The van der Waals surface area contributed by atoms with Gasteiger partial charge < -0.3 is 35.1 Å². The van der Waals surface area contributed by atoms with E-state index in [1.54, 1.807) is 26.4 Å². The molecule has 1 aliphatic heterocycles. The first-order chi connectivity index (χ1) is 19.4. The average Bonchev–Trinajstić information content (AvgIpc) is 3.44. The Kier molecular flexibility index (Phi) is 11.5. The highest BCUT2D eigenvalue weighted by Crippen LogP contribution is 2.30. The maximum absolute atomic E-state index is 11.0. The largest absolute Gasteiger partial charge is 0.493 e. The number of carbonyl (C=O) groups is 1. The molecule has 1 unspecified atom stereocenters. The molecule has 4 atom stereocenters. The van der Waals surface area contributed by atoms with Crippen molar-refractivity contribution < 1.29 is 28.8 Å². The van der Waals surface area contributed by atoms with Crippen LogP contribution in [0.1, 0.15) is 43.2 Å². The summed E-state index contributed by atoms with van der Waals surface area (Å²) in [7, 11) is 3.31. The van der Waals surface area contributed by atoms with E-state index in [0.717, 1.165) is 49.4 Å². The van der Waals surface area contributed by atoms with E-state index in [9.17, 15) is 9.90 Å². The normalized spacial score (nSPS) is 22.1. The van der Waals surface area contributed by atoms with E-state index >= 15 is 0 Å². The molecule has 2 aromatic carbocycles. The first-order valence-electron chi connectivity index (χ1n) is 14.4. The lowest BCUT2D eigenvalue weighted by molar-refractivity contribution is -0.117. The molecular formula is C31H45N3O6. The number of primary amides is 1. The summed E-state index contributed by atoms with van der Waals surface area (Å²) in [6.45, 7) is 3.38. The average molecular weight is 556 g/mol. The van der Waals surface area contributed by atoms with Crippen molar-refractivity contribution in [1.82, 2.24) is 10.2 Å². The van der Waals surface area contributed by atoms with Gasteiger partial charge in [0, 0.05) is 31.7 Å². The van der Waals surface area contributed by atoms with E-state index in [4.69, 9.17) is 24.7 Å². The van der Waals surface area contributed by atoms with Crippen LogP contribution in [0.2, 0.25) is 0 Å². The predicted octanol–water partition coefficient (Wildman–Crippen LogP) is 2.71. The molecule has 40 heavy (non-hydrogen) atoms. The lowest BCUT2D eigenvalue weighted by Crippen LogP contribution is -2.47. The first kappa shape index (κ1) is 30.1. The van der Waals surface area contributed by atoms with Crippen LogP contribution in [0, 0.1) is 0 Å². The Morgan fingerprint density at radius 2 is 1.80 bits per heavy atom. The highest BCUT2D eigenvalue weighted by Gasteiger charge is 2.35. The molecule has 0 spiro atoms. The zero-order chi connectivity index (χ0) is 28.3. The van der Waals surface area contributed by atoms with Crippen LogP contribution in [0.25, 0.3) is 0 Å². The van der Waals surface area contributed by atoms with Gasteiger partial charge in [-0.1, -0.05) is 31.0 Å². The van der Waals surface area contributed by atoms with Crippen molar-refractivity contribution >= 4 is 5.91 Å². The molecule has 2 fully saturated rings. The number of nitrogens with two attached hydrogens (primary N) is 1. The minimum absolute atomic E-state index is 0.206. The van der Waals surface area contributed by atoms with Gasteiger partial charge >= 0.3 is 0 Å². The summed E-state index contributed by atoms with van der Waals surface area (Å²) in [5.74, 6) is 1.79. The summed E-state index contributed by atoms with van der Waals surface area (Å²) < 4.78 is 23.0. The van der Waals surface area contributed by atoms with Gasteiger partial charge in [-0.3, -0.25) is 9.69 Å². The Morgan fingerprint density at radius 3 is 2.55 bits per heavy atom. The number of hydrogen-bond donors (Lipinski definition) is 3. The Labute approximate surface area is 237 Å². The van der Waals surface area contributed by atoms with Crippen molar-refractivity contribution in [3.8, 4) is 17.2 Å². The number of nitrogens with zero attached hydrogens (tertiary/aromatic N) is 1. The zero-order valence-corrected chi connectivity index (χ0v) is 23.8. The summed E-state index contributed by atoms with van der Waals surface area (Å²) >= 11 is 0. The number of benzene rings is 2. The fourth-order valence-electron chi connectivity index (χ4n) is 5.77. The number of aliphatic hydroxyl groups excluding tert-OH is 1. The molecule has 2 aliphatic rings. The summed E-state index contributed by atoms with van der Waals surface area (Å²) in [6, 6.07) is 14.1. The van der Waals surface area contributed by atoms with Crippen LogP contribution < -0.4 is 25.3 Å². The molecule has 0 bridgehead atoms. The Hall–Kier alpha value is -2.85. The van der Waals surface area contributed by atoms with Gasteiger partial charge in [0.2, 0.25) is 5.91 Å². The van der Waals surface area contributed by atoms with Crippen LogP contribution in [-0.2, 0) is 22.4 Å². The number of methoxy groups -OCH3 is 2. The molecule has 9 nitrogen and oxygen atoms in total. The first-order valence-corrected chi connectivity index (χ1v) is 14.4. The van der Waals surface area contributed by atoms with Crippen LogP contribution in [0.3, 0.4) is 0 Å². The number of amides is 1. The van der Waals surface area contributed by atoms with Gasteiger partial charge in [-0.25, -0.2) is 0 Å². The highest BCUT2D eigenvalue weighted by molar-refractivity contribution is 5.76. The quantitative estimate of drug-likeness (QED) is 0.307. The molecule has 2 aromatic rings. The molecule has 4 N–H and O–H groups in total. The van der Waals surface area contributed by atoms with Gasteiger partial charge in [-0.2, -0.15) is 0 Å². The predicted molar refractivity (Wildman–Crippen MR) is 154 cm³/mol. The van der Waals surface area contributed by atoms with Crippen LogP contribution in [-0.4, -0.2) is 87.3 Å². The van der Waals surface area contributed by atoms with Gasteiger partial charge in [0.15, 0.2) is 11.5 Å². The topological polar surface area (TPSA) is 116 Å². The number of hydrogen-bond acceptors (Lipinski definition) is 8. The zero-order valence-electron chi connectivity index (χ0n) is 23.8. The van der Waals surface area contributed by atoms with E-state index in [0.29, 0.717) is 31.0 Å². The number of nitrogens with one attached hydrogen (secondary N) is 1. The van der Waals surface area contributed by atoms with Crippen molar-refractivity contribution in [3.63, 3.8) is 0 Å². The third kappa shape index (κ3) is 8.83. The van der Waals surface area contributed by atoms with Crippen molar-refractivity contribution in [1.29, 1.82) is 0 Å². The van der Waals surface area contributed by atoms with Crippen LogP contribution in [0.4, 0.5) is 0 Å². The maximum Gasteiger partial charge on any atom is 0.221 e. The van der Waals surface area contributed by atoms with Crippen molar-refractivity contribution in [2.75, 3.05) is 47.1 Å². The number of rotatable bonds is 15. The Bertz CT molecular complexity index is 1070. The maximum atomic E-state index is 11.0. The molecule has 9 heteroatoms. The van der Waals surface area contributed by atoms with Crippen molar-refractivity contribution in [2.45, 2.75) is 69.2 Å². The van der Waals surface area contributed by atoms with Crippen LogP contribution in [0.5, 0.6) is 17.2 Å². The number of ether oxygens (including phenoxy) is 4. The standard InChI is InChI=1S/C31H45N3O6/c1-37-29-12-9-23(17-30(29)38-2)14-16-39-28-6-4-3-5-27(28)34-15-13-24(20-34)33-19-25(35)21-40-26-10-7-22(8-11-26)18-31(32)36/h7-12,17,24-25,27-28,33,35H,3-6,13-16,18-21H2,1-2H3,(H2,32,36)/t24-,25?,27+,28+/m1/s1. The summed E-state index contributed by atoms with van der Waals surface area (Å²) in [5, 5.41) is 14.0. The fourth-order valence-corrected chi connectivity index (χ4v) is 5.77. The van der Waals surface area contributed by atoms with E-state index in [-0.39, 0.29) is 25.0 Å². The minimum atomic E-state index is -0.610.